The van der Waals surface area contributed by atoms with Gasteiger partial charge in [-0.3, -0.25) is 4.79 Å². The van der Waals surface area contributed by atoms with E-state index in [2.05, 4.69) is 0 Å². The lowest BCUT2D eigenvalue weighted by Gasteiger charge is -2.10. The summed E-state index contributed by atoms with van der Waals surface area (Å²) in [5.74, 6) is -0.585. The summed E-state index contributed by atoms with van der Waals surface area (Å²) in [5, 5.41) is 0.982. The van der Waals surface area contributed by atoms with Crippen molar-refractivity contribution in [1.82, 2.24) is 0 Å². The number of ether oxygens (including phenoxy) is 1. The predicted octanol–water partition coefficient (Wildman–Crippen LogP) is 6.29. The van der Waals surface area contributed by atoms with Gasteiger partial charge in [0.25, 0.3) is 0 Å². The minimum Gasteiger partial charge on any atom is -0.452 e. The van der Waals surface area contributed by atoms with Crippen LogP contribution in [0.25, 0.3) is 28.4 Å². The zero-order valence-electron chi connectivity index (χ0n) is 16.8. The second-order valence-electron chi connectivity index (χ2n) is 6.95. The van der Waals surface area contributed by atoms with Crippen molar-refractivity contribution >= 4 is 34.6 Å². The molecule has 0 aliphatic rings. The van der Waals surface area contributed by atoms with Gasteiger partial charge >= 0.3 is 5.97 Å². The molecule has 0 atom stereocenters. The average molecular weight is 431 g/mol. The molecule has 0 amide bonds. The van der Waals surface area contributed by atoms with Gasteiger partial charge in [-0.2, -0.15) is 0 Å². The Hall–Kier alpha value is -3.63. The van der Waals surface area contributed by atoms with E-state index in [4.69, 9.17) is 20.8 Å². The van der Waals surface area contributed by atoms with E-state index >= 15 is 0 Å². The first-order valence-corrected chi connectivity index (χ1v) is 10.2. The van der Waals surface area contributed by atoms with Gasteiger partial charge in [-0.05, 0) is 47.9 Å². The van der Waals surface area contributed by atoms with Crippen molar-refractivity contribution in [3.63, 3.8) is 0 Å². The standard InChI is InChI=1S/C26H19ClO4/c1-2-17-10-14-22-21(16-17)24(29)26(25(30-22)19-6-4-3-5-7-19)31-23(28)15-11-18-8-12-20(27)13-9-18/h3-16H,2H2,1H3. The number of fused-ring (bicyclic) bond motifs is 1. The third kappa shape index (κ3) is 4.60. The fourth-order valence-corrected chi connectivity index (χ4v) is 3.32. The summed E-state index contributed by atoms with van der Waals surface area (Å²) in [6.45, 7) is 2.00. The van der Waals surface area contributed by atoms with Crippen LogP contribution in [0.2, 0.25) is 5.02 Å². The van der Waals surface area contributed by atoms with Crippen LogP contribution in [0.15, 0.2) is 88.1 Å². The van der Waals surface area contributed by atoms with E-state index in [0.717, 1.165) is 17.5 Å². The smallest absolute Gasteiger partial charge is 0.336 e. The first-order chi connectivity index (χ1) is 15.0. The Morgan fingerprint density at radius 1 is 1.03 bits per heavy atom. The lowest BCUT2D eigenvalue weighted by atomic mass is 10.1. The monoisotopic (exact) mass is 430 g/mol. The van der Waals surface area contributed by atoms with Crippen LogP contribution in [-0.4, -0.2) is 5.97 Å². The third-order valence-electron chi connectivity index (χ3n) is 4.84. The van der Waals surface area contributed by atoms with Crippen LogP contribution in [0, 0.1) is 0 Å². The summed E-state index contributed by atoms with van der Waals surface area (Å²) in [6.07, 6.45) is 3.64. The Bertz CT molecular complexity index is 1320. The number of rotatable bonds is 5. The lowest BCUT2D eigenvalue weighted by molar-refractivity contribution is -0.129. The van der Waals surface area contributed by atoms with E-state index in [9.17, 15) is 9.59 Å². The molecule has 1 aromatic heterocycles. The molecule has 0 unspecified atom stereocenters. The van der Waals surface area contributed by atoms with E-state index < -0.39 is 5.97 Å². The Labute approximate surface area is 184 Å². The molecule has 4 rings (SSSR count). The van der Waals surface area contributed by atoms with Crippen molar-refractivity contribution < 1.29 is 13.9 Å². The number of carbonyl (C=O) groups is 1. The van der Waals surface area contributed by atoms with Gasteiger partial charge in [-0.1, -0.05) is 67.1 Å². The van der Waals surface area contributed by atoms with Gasteiger partial charge in [0.15, 0.2) is 5.76 Å². The molecule has 0 saturated carbocycles. The van der Waals surface area contributed by atoms with Crippen LogP contribution in [-0.2, 0) is 11.2 Å². The summed E-state index contributed by atoms with van der Waals surface area (Å²) in [6, 6.07) is 21.6. The number of esters is 1. The van der Waals surface area contributed by atoms with Gasteiger partial charge in [0.1, 0.15) is 5.58 Å². The van der Waals surface area contributed by atoms with Crippen LogP contribution in [0.1, 0.15) is 18.1 Å². The van der Waals surface area contributed by atoms with Crippen molar-refractivity contribution in [2.24, 2.45) is 0 Å². The topological polar surface area (TPSA) is 56.5 Å². The average Bonchev–Trinajstić information content (AvgIpc) is 2.80. The third-order valence-corrected chi connectivity index (χ3v) is 5.09. The molecule has 0 aliphatic carbocycles. The second-order valence-corrected chi connectivity index (χ2v) is 7.38. The SMILES string of the molecule is CCc1ccc2oc(-c3ccccc3)c(OC(=O)C=Cc3ccc(Cl)cc3)c(=O)c2c1. The minimum atomic E-state index is -0.676. The summed E-state index contributed by atoms with van der Waals surface area (Å²) in [4.78, 5) is 25.8. The lowest BCUT2D eigenvalue weighted by Crippen LogP contribution is -2.14. The largest absolute Gasteiger partial charge is 0.452 e. The summed E-state index contributed by atoms with van der Waals surface area (Å²) < 4.78 is 11.5. The van der Waals surface area contributed by atoms with Crippen molar-refractivity contribution in [2.75, 3.05) is 0 Å². The van der Waals surface area contributed by atoms with Gasteiger partial charge in [0.2, 0.25) is 11.2 Å². The highest BCUT2D eigenvalue weighted by atomic mass is 35.5. The van der Waals surface area contributed by atoms with Crippen LogP contribution in [0.3, 0.4) is 0 Å². The Balaban J connectivity index is 1.77. The highest BCUT2D eigenvalue weighted by Crippen LogP contribution is 2.31. The minimum absolute atomic E-state index is 0.127. The molecule has 0 aliphatic heterocycles. The number of halogens is 1. The first-order valence-electron chi connectivity index (χ1n) is 9.86. The normalized spacial score (nSPS) is 11.2. The van der Waals surface area contributed by atoms with Gasteiger partial charge in [-0.15, -0.1) is 0 Å². The molecule has 3 aromatic carbocycles. The highest BCUT2D eigenvalue weighted by Gasteiger charge is 2.20. The molecule has 4 nitrogen and oxygen atoms in total. The number of hydrogen-bond acceptors (Lipinski definition) is 4. The van der Waals surface area contributed by atoms with E-state index in [1.807, 2.05) is 31.2 Å². The van der Waals surface area contributed by atoms with Gasteiger partial charge in [-0.25, -0.2) is 4.79 Å². The Morgan fingerprint density at radius 2 is 1.77 bits per heavy atom. The van der Waals surface area contributed by atoms with Crippen LogP contribution in [0.4, 0.5) is 0 Å². The molecule has 4 aromatic rings. The molecule has 0 spiro atoms. The number of aryl methyl sites for hydroxylation is 1. The van der Waals surface area contributed by atoms with Gasteiger partial charge < -0.3 is 9.15 Å². The van der Waals surface area contributed by atoms with Crippen LogP contribution >= 0.6 is 11.6 Å². The van der Waals surface area contributed by atoms with Gasteiger partial charge in [0.05, 0.1) is 5.39 Å². The maximum absolute atomic E-state index is 13.3. The Kier molecular flexibility index (Phi) is 6.01. The number of carbonyl (C=O) groups excluding carboxylic acids is 1. The molecule has 0 bridgehead atoms. The Morgan fingerprint density at radius 3 is 2.48 bits per heavy atom. The summed E-state index contributed by atoms with van der Waals surface area (Å²) in [5.41, 5.74) is 2.47. The molecular formula is C26H19ClO4. The first kappa shape index (κ1) is 20.6. The maximum atomic E-state index is 13.3. The molecule has 0 N–H and O–H groups in total. The zero-order chi connectivity index (χ0) is 21.8. The van der Waals surface area contributed by atoms with Crippen LogP contribution in [0.5, 0.6) is 5.75 Å². The molecule has 31 heavy (non-hydrogen) atoms. The maximum Gasteiger partial charge on any atom is 0.336 e. The van der Waals surface area contributed by atoms with Gasteiger partial charge in [0, 0.05) is 16.7 Å². The van der Waals surface area contributed by atoms with Crippen molar-refractivity contribution in [3.05, 3.63) is 105 Å². The zero-order valence-corrected chi connectivity index (χ0v) is 17.6. The number of benzene rings is 3. The second kappa shape index (κ2) is 9.02. The van der Waals surface area contributed by atoms with Crippen molar-refractivity contribution in [1.29, 1.82) is 0 Å². The molecule has 5 heteroatoms. The van der Waals surface area contributed by atoms with E-state index in [1.165, 1.54) is 6.08 Å². The molecule has 1 heterocycles. The highest BCUT2D eigenvalue weighted by molar-refractivity contribution is 6.30. The molecule has 0 radical (unpaired) electrons. The quantitative estimate of drug-likeness (QED) is 0.275. The molecule has 0 fully saturated rings. The molecule has 154 valence electrons. The van der Waals surface area contributed by atoms with E-state index in [1.54, 1.807) is 54.6 Å². The molecule has 0 saturated heterocycles. The fourth-order valence-electron chi connectivity index (χ4n) is 3.19. The molecular weight excluding hydrogens is 412 g/mol. The number of hydrogen-bond donors (Lipinski definition) is 0. The summed E-state index contributed by atoms with van der Waals surface area (Å²) in [7, 11) is 0. The summed E-state index contributed by atoms with van der Waals surface area (Å²) >= 11 is 5.88. The van der Waals surface area contributed by atoms with E-state index in [-0.39, 0.29) is 16.9 Å². The van der Waals surface area contributed by atoms with Crippen molar-refractivity contribution in [3.8, 4) is 17.1 Å². The van der Waals surface area contributed by atoms with E-state index in [0.29, 0.717) is 21.6 Å². The fraction of sp³-hybridized carbons (Fsp3) is 0.0769. The van der Waals surface area contributed by atoms with Crippen LogP contribution < -0.4 is 10.2 Å². The predicted molar refractivity (Wildman–Crippen MR) is 123 cm³/mol. The van der Waals surface area contributed by atoms with Crippen molar-refractivity contribution in [2.45, 2.75) is 13.3 Å².